The molecule has 0 heterocycles. The van der Waals surface area contributed by atoms with E-state index in [4.69, 9.17) is 24.3 Å². The van der Waals surface area contributed by atoms with Gasteiger partial charge in [0.05, 0.1) is 13.2 Å². The van der Waals surface area contributed by atoms with Crippen LogP contribution in [-0.4, -0.2) is 49.3 Å². The molecule has 318 valence electrons. The number of carbonyl (C=O) groups excluding carboxylic acids is 2. The highest BCUT2D eigenvalue weighted by atomic mass is 31.2. The third kappa shape index (κ3) is 41.2. The second kappa shape index (κ2) is 41.3. The zero-order chi connectivity index (χ0) is 40.3. The van der Waals surface area contributed by atoms with E-state index in [9.17, 15) is 19.0 Å². The van der Waals surface area contributed by atoms with Crippen molar-refractivity contribution in [2.24, 2.45) is 5.73 Å². The van der Waals surface area contributed by atoms with Crippen molar-refractivity contribution in [2.45, 2.75) is 187 Å². The average molecular weight is 794 g/mol. The molecule has 0 saturated carbocycles. The van der Waals surface area contributed by atoms with Gasteiger partial charge in [-0.25, -0.2) is 4.57 Å². The van der Waals surface area contributed by atoms with E-state index in [1.807, 2.05) is 0 Å². The lowest BCUT2D eigenvalue weighted by Gasteiger charge is -2.19. The van der Waals surface area contributed by atoms with Crippen molar-refractivity contribution in [3.05, 3.63) is 60.8 Å². The van der Waals surface area contributed by atoms with Crippen molar-refractivity contribution in [3.63, 3.8) is 0 Å². The lowest BCUT2D eigenvalue weighted by Crippen LogP contribution is -2.29. The van der Waals surface area contributed by atoms with Crippen LogP contribution in [0.15, 0.2) is 60.8 Å². The molecular formula is C45H80NO8P. The highest BCUT2D eigenvalue weighted by Crippen LogP contribution is 2.43. The number of ether oxygens (including phenoxy) is 2. The third-order valence-electron chi connectivity index (χ3n) is 8.88. The van der Waals surface area contributed by atoms with E-state index in [1.54, 1.807) is 0 Å². The highest BCUT2D eigenvalue weighted by molar-refractivity contribution is 7.47. The lowest BCUT2D eigenvalue weighted by molar-refractivity contribution is -0.161. The summed E-state index contributed by atoms with van der Waals surface area (Å²) in [4.78, 5) is 34.9. The molecule has 0 bridgehead atoms. The predicted molar refractivity (Wildman–Crippen MR) is 229 cm³/mol. The van der Waals surface area contributed by atoms with Crippen LogP contribution in [0.3, 0.4) is 0 Å². The zero-order valence-electron chi connectivity index (χ0n) is 34.9. The molecule has 0 aliphatic carbocycles. The highest BCUT2D eigenvalue weighted by Gasteiger charge is 2.26. The van der Waals surface area contributed by atoms with E-state index in [0.717, 1.165) is 64.2 Å². The fourth-order valence-electron chi connectivity index (χ4n) is 5.61. The van der Waals surface area contributed by atoms with Gasteiger partial charge >= 0.3 is 19.8 Å². The summed E-state index contributed by atoms with van der Waals surface area (Å²) in [5.41, 5.74) is 5.34. The molecule has 0 saturated heterocycles. The van der Waals surface area contributed by atoms with E-state index in [1.165, 1.54) is 77.0 Å². The first-order chi connectivity index (χ1) is 26.8. The largest absolute Gasteiger partial charge is 0.472 e. The second-order valence-electron chi connectivity index (χ2n) is 14.2. The minimum absolute atomic E-state index is 0.0457. The Hall–Kier alpha value is -2.29. The van der Waals surface area contributed by atoms with E-state index in [2.05, 4.69) is 74.6 Å². The Morgan fingerprint density at radius 2 is 0.945 bits per heavy atom. The molecule has 0 aromatic carbocycles. The zero-order valence-corrected chi connectivity index (χ0v) is 35.8. The molecule has 55 heavy (non-hydrogen) atoms. The van der Waals surface area contributed by atoms with Gasteiger partial charge < -0.3 is 20.1 Å². The predicted octanol–water partition coefficient (Wildman–Crippen LogP) is 12.5. The van der Waals surface area contributed by atoms with E-state index >= 15 is 0 Å². The third-order valence-corrected chi connectivity index (χ3v) is 9.86. The molecule has 0 aromatic rings. The number of unbranched alkanes of at least 4 members (excludes halogenated alkanes) is 17. The first-order valence-corrected chi connectivity index (χ1v) is 23.3. The van der Waals surface area contributed by atoms with E-state index < -0.39 is 32.5 Å². The maximum Gasteiger partial charge on any atom is 0.472 e. The molecule has 2 atom stereocenters. The number of allylic oxidation sites excluding steroid dienone is 10. The second-order valence-corrected chi connectivity index (χ2v) is 15.7. The lowest BCUT2D eigenvalue weighted by atomic mass is 10.1. The number of phosphoric ester groups is 1. The summed E-state index contributed by atoms with van der Waals surface area (Å²) >= 11 is 0. The van der Waals surface area contributed by atoms with Crippen LogP contribution < -0.4 is 5.73 Å². The summed E-state index contributed by atoms with van der Waals surface area (Å²) in [5, 5.41) is 0. The molecule has 0 aliphatic rings. The summed E-state index contributed by atoms with van der Waals surface area (Å²) in [7, 11) is -4.39. The Kier molecular flexibility index (Phi) is 39.6. The van der Waals surface area contributed by atoms with Crippen LogP contribution in [0.5, 0.6) is 0 Å². The van der Waals surface area contributed by atoms with Crippen molar-refractivity contribution in [1.82, 2.24) is 0 Å². The molecule has 3 N–H and O–H groups in total. The molecule has 0 aliphatic heterocycles. The standard InChI is InChI=1S/C45H80NO8P/c1-3-5-7-9-11-13-15-17-19-20-21-22-24-25-27-29-31-33-35-37-44(47)51-41-43(42-53-55(49,50)52-40-39-46)54-45(48)38-36-34-32-30-28-26-23-18-16-14-12-10-8-6-4-2/h11,13-14,16-17,19,21-22,25,27,43H,3-10,12,15,18,20,23-24,26,28-42,46H2,1-2H3,(H,49,50)/t43-/m1/s1. The minimum Gasteiger partial charge on any atom is -0.462 e. The number of hydrogen-bond donors (Lipinski definition) is 2. The van der Waals surface area contributed by atoms with Crippen molar-refractivity contribution >= 4 is 19.8 Å². The van der Waals surface area contributed by atoms with E-state index in [0.29, 0.717) is 12.8 Å². The first kappa shape index (κ1) is 52.7. The number of rotatable bonds is 40. The van der Waals surface area contributed by atoms with Gasteiger partial charge in [0.25, 0.3) is 0 Å². The molecule has 10 heteroatoms. The quantitative estimate of drug-likeness (QED) is 0.0269. The number of hydrogen-bond acceptors (Lipinski definition) is 8. The SMILES string of the molecule is CCCCCC=CCC=CCC=CCC=CCCCCCC(=O)OC[C@H](COP(=O)(O)OCCN)OC(=O)CCCCCCCCCC=CCCCCCC. The van der Waals surface area contributed by atoms with Gasteiger partial charge in [0.1, 0.15) is 6.61 Å². The summed E-state index contributed by atoms with van der Waals surface area (Å²) in [5.74, 6) is -0.873. The normalized spacial score (nSPS) is 13.9. The average Bonchev–Trinajstić information content (AvgIpc) is 3.17. The smallest absolute Gasteiger partial charge is 0.462 e. The van der Waals surface area contributed by atoms with E-state index in [-0.39, 0.29) is 32.6 Å². The fourth-order valence-corrected chi connectivity index (χ4v) is 6.38. The summed E-state index contributed by atoms with van der Waals surface area (Å²) in [6.45, 7) is 3.64. The maximum atomic E-state index is 12.6. The summed E-state index contributed by atoms with van der Waals surface area (Å²) in [6.07, 6.45) is 48.2. The van der Waals surface area contributed by atoms with Crippen LogP contribution in [0.4, 0.5) is 0 Å². The summed E-state index contributed by atoms with van der Waals surface area (Å²) < 4.78 is 32.7. The van der Waals surface area contributed by atoms with Crippen LogP contribution in [-0.2, 0) is 32.7 Å². The van der Waals surface area contributed by atoms with Gasteiger partial charge in [-0.2, -0.15) is 0 Å². The minimum atomic E-state index is -4.39. The van der Waals surface area contributed by atoms with Crippen molar-refractivity contribution < 1.29 is 37.6 Å². The molecule has 0 rings (SSSR count). The Balaban J connectivity index is 4.23. The number of esters is 2. The van der Waals surface area contributed by atoms with Crippen LogP contribution >= 0.6 is 7.82 Å². The van der Waals surface area contributed by atoms with Gasteiger partial charge in [-0.05, 0) is 83.5 Å². The topological polar surface area (TPSA) is 134 Å². The molecule has 9 nitrogen and oxygen atoms in total. The molecule has 0 spiro atoms. The van der Waals surface area contributed by atoms with Crippen LogP contribution in [0.25, 0.3) is 0 Å². The summed E-state index contributed by atoms with van der Waals surface area (Å²) in [6, 6.07) is 0. The molecule has 0 amide bonds. The Bertz CT molecular complexity index is 1090. The Morgan fingerprint density at radius 3 is 1.47 bits per heavy atom. The molecular weight excluding hydrogens is 713 g/mol. The van der Waals surface area contributed by atoms with Crippen molar-refractivity contribution in [2.75, 3.05) is 26.4 Å². The Labute approximate surface area is 336 Å². The maximum absolute atomic E-state index is 12.6. The number of phosphoric acid groups is 1. The van der Waals surface area contributed by atoms with Crippen LogP contribution in [0.1, 0.15) is 181 Å². The monoisotopic (exact) mass is 794 g/mol. The van der Waals surface area contributed by atoms with Gasteiger partial charge in [-0.3, -0.25) is 18.6 Å². The van der Waals surface area contributed by atoms with Gasteiger partial charge in [-0.1, -0.05) is 145 Å². The van der Waals surface area contributed by atoms with Crippen molar-refractivity contribution in [1.29, 1.82) is 0 Å². The fraction of sp³-hybridized carbons (Fsp3) is 0.733. The van der Waals surface area contributed by atoms with Gasteiger partial charge in [0, 0.05) is 19.4 Å². The number of nitrogens with two attached hydrogens (primary N) is 1. The molecule has 0 aromatic heterocycles. The van der Waals surface area contributed by atoms with Gasteiger partial charge in [0.2, 0.25) is 0 Å². The molecule has 1 unspecified atom stereocenters. The van der Waals surface area contributed by atoms with Crippen LogP contribution in [0.2, 0.25) is 0 Å². The molecule has 0 radical (unpaired) electrons. The number of carbonyl (C=O) groups is 2. The first-order valence-electron chi connectivity index (χ1n) is 21.8. The Morgan fingerprint density at radius 1 is 0.545 bits per heavy atom. The van der Waals surface area contributed by atoms with Crippen molar-refractivity contribution in [3.8, 4) is 0 Å². The van der Waals surface area contributed by atoms with Gasteiger partial charge in [-0.15, -0.1) is 0 Å². The van der Waals surface area contributed by atoms with Gasteiger partial charge in [0.15, 0.2) is 6.10 Å². The molecule has 0 fully saturated rings. The van der Waals surface area contributed by atoms with Crippen LogP contribution in [0, 0.1) is 0 Å².